The maximum absolute atomic E-state index is 11.7. The fraction of sp³-hybridized carbons (Fsp3) is 0.429. The Labute approximate surface area is 113 Å². The van der Waals surface area contributed by atoms with Crippen molar-refractivity contribution in [2.45, 2.75) is 26.8 Å². The van der Waals surface area contributed by atoms with E-state index >= 15 is 0 Å². The Kier molecular flexibility index (Phi) is 5.36. The van der Waals surface area contributed by atoms with Crippen LogP contribution < -0.4 is 16.0 Å². The third-order valence-corrected chi connectivity index (χ3v) is 2.99. The van der Waals surface area contributed by atoms with E-state index in [1.54, 1.807) is 31.3 Å². The first-order valence-electron chi connectivity index (χ1n) is 6.33. The van der Waals surface area contributed by atoms with Crippen LogP contribution in [0.4, 0.5) is 10.5 Å². The van der Waals surface area contributed by atoms with E-state index in [0.29, 0.717) is 17.2 Å². The summed E-state index contributed by atoms with van der Waals surface area (Å²) in [6.45, 7) is 6.05. The number of hydrogen-bond donors (Lipinski definition) is 3. The minimum absolute atomic E-state index is 0.102. The van der Waals surface area contributed by atoms with Crippen molar-refractivity contribution in [3.05, 3.63) is 29.8 Å². The van der Waals surface area contributed by atoms with E-state index in [0.717, 1.165) is 0 Å². The zero-order valence-electron chi connectivity index (χ0n) is 11.8. The summed E-state index contributed by atoms with van der Waals surface area (Å²) in [7, 11) is 1.58. The molecule has 0 aliphatic rings. The molecule has 0 unspecified atom stereocenters. The number of rotatable bonds is 4. The summed E-state index contributed by atoms with van der Waals surface area (Å²) in [5, 5.41) is 8.12. The van der Waals surface area contributed by atoms with Crippen LogP contribution in [0.3, 0.4) is 0 Å². The van der Waals surface area contributed by atoms with Gasteiger partial charge in [0.25, 0.3) is 5.91 Å². The van der Waals surface area contributed by atoms with E-state index in [1.165, 1.54) is 0 Å². The maximum Gasteiger partial charge on any atom is 0.319 e. The van der Waals surface area contributed by atoms with Crippen molar-refractivity contribution in [2.24, 2.45) is 5.92 Å². The van der Waals surface area contributed by atoms with Gasteiger partial charge in [-0.05, 0) is 37.1 Å². The summed E-state index contributed by atoms with van der Waals surface area (Å²) >= 11 is 0. The molecule has 19 heavy (non-hydrogen) atoms. The topological polar surface area (TPSA) is 70.2 Å². The largest absolute Gasteiger partial charge is 0.355 e. The molecule has 0 saturated carbocycles. The van der Waals surface area contributed by atoms with Crippen LogP contribution in [0.25, 0.3) is 0 Å². The summed E-state index contributed by atoms with van der Waals surface area (Å²) < 4.78 is 0. The molecular formula is C14H21N3O2. The third-order valence-electron chi connectivity index (χ3n) is 2.99. The summed E-state index contributed by atoms with van der Waals surface area (Å²) in [4.78, 5) is 23.1. The number of urea groups is 1. The lowest BCUT2D eigenvalue weighted by atomic mass is 10.1. The molecule has 0 saturated heterocycles. The fourth-order valence-electron chi connectivity index (χ4n) is 1.39. The van der Waals surface area contributed by atoms with E-state index in [-0.39, 0.29) is 18.0 Å². The third kappa shape index (κ3) is 4.62. The predicted molar refractivity (Wildman–Crippen MR) is 76.3 cm³/mol. The van der Waals surface area contributed by atoms with Crippen LogP contribution in [0.1, 0.15) is 31.1 Å². The Morgan fingerprint density at radius 3 is 2.11 bits per heavy atom. The van der Waals surface area contributed by atoms with E-state index < -0.39 is 0 Å². The van der Waals surface area contributed by atoms with Crippen LogP contribution in [0.5, 0.6) is 0 Å². The zero-order chi connectivity index (χ0) is 14.4. The van der Waals surface area contributed by atoms with Crippen LogP contribution in [0, 0.1) is 5.92 Å². The highest BCUT2D eigenvalue weighted by atomic mass is 16.2. The maximum atomic E-state index is 11.7. The Balaban J connectivity index is 2.58. The Hall–Kier alpha value is -2.04. The number of amides is 3. The number of benzene rings is 1. The summed E-state index contributed by atoms with van der Waals surface area (Å²) in [5.74, 6) is 0.228. The molecule has 0 radical (unpaired) electrons. The first kappa shape index (κ1) is 15.0. The van der Waals surface area contributed by atoms with E-state index in [1.807, 2.05) is 20.8 Å². The second-order valence-corrected chi connectivity index (χ2v) is 4.79. The van der Waals surface area contributed by atoms with Crippen molar-refractivity contribution in [3.63, 3.8) is 0 Å². The van der Waals surface area contributed by atoms with Crippen LogP contribution >= 0.6 is 0 Å². The lowest BCUT2D eigenvalue weighted by Crippen LogP contribution is -2.39. The molecule has 3 N–H and O–H groups in total. The zero-order valence-corrected chi connectivity index (χ0v) is 11.8. The van der Waals surface area contributed by atoms with Gasteiger partial charge in [0.1, 0.15) is 0 Å². The molecule has 104 valence electrons. The average Bonchev–Trinajstić information content (AvgIpc) is 2.38. The SMILES string of the molecule is CNC(=O)c1ccc(NC(=O)N[C@H](C)C(C)C)cc1. The van der Waals surface area contributed by atoms with Crippen molar-refractivity contribution in [2.75, 3.05) is 12.4 Å². The number of carbonyl (C=O) groups excluding carboxylic acids is 2. The summed E-state index contributed by atoms with van der Waals surface area (Å²) in [6, 6.07) is 6.59. The predicted octanol–water partition coefficient (Wildman–Crippen LogP) is 2.21. The van der Waals surface area contributed by atoms with Crippen LogP contribution in [-0.4, -0.2) is 25.0 Å². The molecule has 1 atom stereocenters. The van der Waals surface area contributed by atoms with E-state index in [2.05, 4.69) is 16.0 Å². The summed E-state index contributed by atoms with van der Waals surface area (Å²) in [6.07, 6.45) is 0. The van der Waals surface area contributed by atoms with Gasteiger partial charge in [-0.25, -0.2) is 4.79 Å². The molecule has 5 heteroatoms. The van der Waals surface area contributed by atoms with Gasteiger partial charge in [-0.15, -0.1) is 0 Å². The van der Waals surface area contributed by atoms with Gasteiger partial charge < -0.3 is 16.0 Å². The minimum Gasteiger partial charge on any atom is -0.355 e. The first-order valence-corrected chi connectivity index (χ1v) is 6.33. The fourth-order valence-corrected chi connectivity index (χ4v) is 1.39. The number of nitrogens with one attached hydrogen (secondary N) is 3. The van der Waals surface area contributed by atoms with Crippen molar-refractivity contribution < 1.29 is 9.59 Å². The highest BCUT2D eigenvalue weighted by Crippen LogP contribution is 2.09. The van der Waals surface area contributed by atoms with Gasteiger partial charge in [0, 0.05) is 24.3 Å². The Bertz CT molecular complexity index is 441. The van der Waals surface area contributed by atoms with E-state index in [4.69, 9.17) is 0 Å². The van der Waals surface area contributed by atoms with Gasteiger partial charge in [0.2, 0.25) is 0 Å². The normalized spacial score (nSPS) is 11.8. The van der Waals surface area contributed by atoms with Crippen molar-refractivity contribution in [3.8, 4) is 0 Å². The molecule has 0 bridgehead atoms. The van der Waals surface area contributed by atoms with Crippen molar-refractivity contribution >= 4 is 17.6 Å². The number of anilines is 1. The summed E-state index contributed by atoms with van der Waals surface area (Å²) in [5.41, 5.74) is 1.21. The van der Waals surface area contributed by atoms with Crippen molar-refractivity contribution in [1.29, 1.82) is 0 Å². The second kappa shape index (κ2) is 6.78. The molecule has 0 aromatic heterocycles. The molecule has 0 aliphatic carbocycles. The van der Waals surface area contributed by atoms with Gasteiger partial charge in [0.15, 0.2) is 0 Å². The van der Waals surface area contributed by atoms with Gasteiger partial charge in [-0.3, -0.25) is 4.79 Å². The molecule has 1 aromatic carbocycles. The molecule has 1 aromatic rings. The van der Waals surface area contributed by atoms with Crippen LogP contribution in [0.15, 0.2) is 24.3 Å². The van der Waals surface area contributed by atoms with Crippen molar-refractivity contribution in [1.82, 2.24) is 10.6 Å². The van der Waals surface area contributed by atoms with Gasteiger partial charge in [0.05, 0.1) is 0 Å². The van der Waals surface area contributed by atoms with Gasteiger partial charge in [-0.2, -0.15) is 0 Å². The van der Waals surface area contributed by atoms with Crippen LogP contribution in [-0.2, 0) is 0 Å². The number of hydrogen-bond acceptors (Lipinski definition) is 2. The molecule has 0 fully saturated rings. The van der Waals surface area contributed by atoms with Crippen LogP contribution in [0.2, 0.25) is 0 Å². The molecule has 0 heterocycles. The number of carbonyl (C=O) groups is 2. The Morgan fingerprint density at radius 2 is 1.63 bits per heavy atom. The molecule has 0 aliphatic heterocycles. The smallest absolute Gasteiger partial charge is 0.319 e. The lowest BCUT2D eigenvalue weighted by Gasteiger charge is -2.17. The van der Waals surface area contributed by atoms with Gasteiger partial charge >= 0.3 is 6.03 Å². The minimum atomic E-state index is -0.242. The molecule has 3 amide bonds. The lowest BCUT2D eigenvalue weighted by molar-refractivity contribution is 0.0963. The molecular weight excluding hydrogens is 242 g/mol. The van der Waals surface area contributed by atoms with Gasteiger partial charge in [-0.1, -0.05) is 13.8 Å². The molecule has 5 nitrogen and oxygen atoms in total. The molecule has 0 spiro atoms. The highest BCUT2D eigenvalue weighted by molar-refractivity contribution is 5.95. The highest BCUT2D eigenvalue weighted by Gasteiger charge is 2.10. The quantitative estimate of drug-likeness (QED) is 0.779. The standard InChI is InChI=1S/C14H21N3O2/c1-9(2)10(3)16-14(19)17-12-7-5-11(6-8-12)13(18)15-4/h5-10H,1-4H3,(H,15,18)(H2,16,17,19)/t10-/m1/s1. The monoisotopic (exact) mass is 263 g/mol. The first-order chi connectivity index (χ1) is 8.93. The second-order valence-electron chi connectivity index (χ2n) is 4.79. The average molecular weight is 263 g/mol. The molecule has 1 rings (SSSR count). The Morgan fingerprint density at radius 1 is 1.05 bits per heavy atom. The van der Waals surface area contributed by atoms with E-state index in [9.17, 15) is 9.59 Å².